The summed E-state index contributed by atoms with van der Waals surface area (Å²) in [4.78, 5) is 17.1. The minimum absolute atomic E-state index is 0.0338. The van der Waals surface area contributed by atoms with E-state index < -0.39 is 0 Å². The third kappa shape index (κ3) is 5.08. The lowest BCUT2D eigenvalue weighted by atomic mass is 10.1. The summed E-state index contributed by atoms with van der Waals surface area (Å²) in [6.45, 7) is 3.59. The van der Waals surface area contributed by atoms with Crippen LogP contribution in [-0.4, -0.2) is 33.9 Å². The van der Waals surface area contributed by atoms with Crippen LogP contribution in [0, 0.1) is 6.92 Å². The number of hydrogen-bond acceptors (Lipinski definition) is 4. The van der Waals surface area contributed by atoms with Crippen LogP contribution in [0.1, 0.15) is 18.4 Å². The molecule has 1 atom stereocenters. The molecule has 1 aliphatic heterocycles. The van der Waals surface area contributed by atoms with E-state index in [1.807, 2.05) is 55.6 Å². The molecule has 5 nitrogen and oxygen atoms in total. The Hall–Kier alpha value is -2.57. The summed E-state index contributed by atoms with van der Waals surface area (Å²) in [5, 5.41) is 3.81. The summed E-state index contributed by atoms with van der Waals surface area (Å²) in [5.41, 5.74) is 4.12. The maximum Gasteiger partial charge on any atom is 0.234 e. The first-order valence-corrected chi connectivity index (χ1v) is 10.9. The molecule has 2 aromatic carbocycles. The Bertz CT molecular complexity index is 965. The molecule has 1 unspecified atom stereocenters. The number of hydrogen-bond donors (Lipinski definition) is 1. The summed E-state index contributed by atoms with van der Waals surface area (Å²) in [5.74, 6) is 0.276. The molecule has 3 aromatic rings. The van der Waals surface area contributed by atoms with Gasteiger partial charge in [-0.25, -0.2) is 4.98 Å². The van der Waals surface area contributed by atoms with Crippen molar-refractivity contribution in [1.82, 2.24) is 9.55 Å². The van der Waals surface area contributed by atoms with E-state index in [4.69, 9.17) is 4.74 Å². The second-order valence-corrected chi connectivity index (χ2v) is 8.19. The quantitative estimate of drug-likeness (QED) is 0.573. The zero-order valence-electron chi connectivity index (χ0n) is 16.5. The molecule has 1 aromatic heterocycles. The standard InChI is InChI=1S/C23H25N3O2S/c1-17-7-5-10-19(13-17)25-22(27)16-29-23-24-14-21(18-8-3-2-4-9-18)26(23)15-20-11-6-12-28-20/h2-5,7-10,13-14,20H,6,11-12,15-16H2,1H3,(H,25,27). The number of imidazole rings is 1. The third-order valence-electron chi connectivity index (χ3n) is 4.93. The second kappa shape index (κ2) is 9.29. The van der Waals surface area contributed by atoms with Gasteiger partial charge in [0.15, 0.2) is 5.16 Å². The van der Waals surface area contributed by atoms with Gasteiger partial charge >= 0.3 is 0 Å². The van der Waals surface area contributed by atoms with Crippen molar-refractivity contribution >= 4 is 23.4 Å². The Morgan fingerprint density at radius 3 is 2.86 bits per heavy atom. The number of benzene rings is 2. The molecule has 0 saturated carbocycles. The van der Waals surface area contributed by atoms with Crippen molar-refractivity contribution in [3.63, 3.8) is 0 Å². The average molecular weight is 408 g/mol. The van der Waals surface area contributed by atoms with Gasteiger partial charge in [-0.3, -0.25) is 4.79 Å². The van der Waals surface area contributed by atoms with Crippen molar-refractivity contribution in [2.75, 3.05) is 17.7 Å². The normalized spacial score (nSPS) is 16.1. The second-order valence-electron chi connectivity index (χ2n) is 7.24. The van der Waals surface area contributed by atoms with Crippen molar-refractivity contribution in [3.8, 4) is 11.3 Å². The molecular weight excluding hydrogens is 382 g/mol. The summed E-state index contributed by atoms with van der Waals surface area (Å²) < 4.78 is 8.04. The predicted molar refractivity (Wildman–Crippen MR) is 117 cm³/mol. The van der Waals surface area contributed by atoms with Crippen molar-refractivity contribution in [2.45, 2.75) is 37.6 Å². The van der Waals surface area contributed by atoms with Gasteiger partial charge in [-0.1, -0.05) is 54.2 Å². The van der Waals surface area contributed by atoms with E-state index in [1.165, 1.54) is 11.8 Å². The van der Waals surface area contributed by atoms with Crippen molar-refractivity contribution in [1.29, 1.82) is 0 Å². The maximum atomic E-state index is 12.4. The summed E-state index contributed by atoms with van der Waals surface area (Å²) in [6, 6.07) is 18.1. The number of nitrogens with one attached hydrogen (secondary N) is 1. The highest BCUT2D eigenvalue weighted by Gasteiger charge is 2.21. The summed E-state index contributed by atoms with van der Waals surface area (Å²) in [6.07, 6.45) is 4.25. The molecule has 1 amide bonds. The van der Waals surface area contributed by atoms with Gasteiger partial charge in [-0.05, 0) is 43.0 Å². The number of aryl methyl sites for hydroxylation is 1. The van der Waals surface area contributed by atoms with Crippen LogP contribution in [0.15, 0.2) is 66.0 Å². The molecule has 2 heterocycles. The summed E-state index contributed by atoms with van der Waals surface area (Å²) in [7, 11) is 0. The molecule has 0 bridgehead atoms. The smallest absolute Gasteiger partial charge is 0.234 e. The lowest BCUT2D eigenvalue weighted by molar-refractivity contribution is -0.113. The fourth-order valence-corrected chi connectivity index (χ4v) is 4.32. The van der Waals surface area contributed by atoms with Gasteiger partial charge in [-0.15, -0.1) is 0 Å². The highest BCUT2D eigenvalue weighted by Crippen LogP contribution is 2.28. The Labute approximate surface area is 175 Å². The number of aromatic nitrogens is 2. The van der Waals surface area contributed by atoms with E-state index in [0.717, 1.165) is 53.7 Å². The van der Waals surface area contributed by atoms with Crippen LogP contribution < -0.4 is 5.32 Å². The van der Waals surface area contributed by atoms with Crippen LogP contribution in [-0.2, 0) is 16.1 Å². The highest BCUT2D eigenvalue weighted by atomic mass is 32.2. The van der Waals surface area contributed by atoms with Crippen molar-refractivity contribution in [3.05, 3.63) is 66.4 Å². The van der Waals surface area contributed by atoms with Gasteiger partial charge in [0.25, 0.3) is 0 Å². The third-order valence-corrected chi connectivity index (χ3v) is 5.92. The average Bonchev–Trinajstić information content (AvgIpc) is 3.38. The Balaban J connectivity index is 1.48. The van der Waals surface area contributed by atoms with Crippen LogP contribution in [0.5, 0.6) is 0 Å². The van der Waals surface area contributed by atoms with Crippen LogP contribution in [0.25, 0.3) is 11.3 Å². The fourth-order valence-electron chi connectivity index (χ4n) is 3.53. The Kier molecular flexibility index (Phi) is 6.32. The highest BCUT2D eigenvalue weighted by molar-refractivity contribution is 7.99. The van der Waals surface area contributed by atoms with E-state index in [1.54, 1.807) is 0 Å². The first-order valence-electron chi connectivity index (χ1n) is 9.91. The van der Waals surface area contributed by atoms with Crippen LogP contribution in [0.2, 0.25) is 0 Å². The fraction of sp³-hybridized carbons (Fsp3) is 0.304. The number of carbonyl (C=O) groups is 1. The molecule has 29 heavy (non-hydrogen) atoms. The van der Waals surface area contributed by atoms with E-state index >= 15 is 0 Å². The molecule has 1 fully saturated rings. The first kappa shape index (κ1) is 19.7. The number of anilines is 1. The molecule has 1 N–H and O–H groups in total. The molecule has 0 spiro atoms. The Morgan fingerprint density at radius 1 is 1.24 bits per heavy atom. The lowest BCUT2D eigenvalue weighted by Gasteiger charge is -2.16. The van der Waals surface area contributed by atoms with Crippen LogP contribution in [0.4, 0.5) is 5.69 Å². The molecule has 6 heteroatoms. The van der Waals surface area contributed by atoms with Gasteiger partial charge < -0.3 is 14.6 Å². The minimum Gasteiger partial charge on any atom is -0.376 e. The molecule has 1 saturated heterocycles. The zero-order chi connectivity index (χ0) is 20.1. The number of amides is 1. The molecule has 150 valence electrons. The molecule has 1 aliphatic rings. The van der Waals surface area contributed by atoms with Gasteiger partial charge in [0.05, 0.1) is 30.3 Å². The SMILES string of the molecule is Cc1cccc(NC(=O)CSc2ncc(-c3ccccc3)n2CC2CCCO2)c1. The maximum absolute atomic E-state index is 12.4. The minimum atomic E-state index is -0.0338. The van der Waals surface area contributed by atoms with Gasteiger partial charge in [0.2, 0.25) is 5.91 Å². The number of thioether (sulfide) groups is 1. The van der Waals surface area contributed by atoms with E-state index in [-0.39, 0.29) is 12.0 Å². The van der Waals surface area contributed by atoms with Crippen molar-refractivity contribution < 1.29 is 9.53 Å². The molecule has 4 rings (SSSR count). The topological polar surface area (TPSA) is 56.2 Å². The van der Waals surface area contributed by atoms with Crippen LogP contribution in [0.3, 0.4) is 0 Å². The molecular formula is C23H25N3O2S. The summed E-state index contributed by atoms with van der Waals surface area (Å²) >= 11 is 1.46. The first-order chi connectivity index (χ1) is 14.2. The zero-order valence-corrected chi connectivity index (χ0v) is 17.3. The predicted octanol–water partition coefficient (Wildman–Crippen LogP) is 4.77. The van der Waals surface area contributed by atoms with Crippen LogP contribution >= 0.6 is 11.8 Å². The largest absolute Gasteiger partial charge is 0.376 e. The molecule has 0 radical (unpaired) electrons. The number of rotatable bonds is 7. The number of carbonyl (C=O) groups excluding carboxylic acids is 1. The van der Waals surface area contributed by atoms with E-state index in [0.29, 0.717) is 5.75 Å². The number of ether oxygens (including phenoxy) is 1. The van der Waals surface area contributed by atoms with Gasteiger partial charge in [0, 0.05) is 12.3 Å². The van der Waals surface area contributed by atoms with E-state index in [9.17, 15) is 4.79 Å². The van der Waals surface area contributed by atoms with Gasteiger partial charge in [0.1, 0.15) is 0 Å². The van der Waals surface area contributed by atoms with Crippen molar-refractivity contribution in [2.24, 2.45) is 0 Å². The Morgan fingerprint density at radius 2 is 2.10 bits per heavy atom. The molecule has 0 aliphatic carbocycles. The van der Waals surface area contributed by atoms with E-state index in [2.05, 4.69) is 27.0 Å². The van der Waals surface area contributed by atoms with Gasteiger partial charge in [-0.2, -0.15) is 0 Å². The lowest BCUT2D eigenvalue weighted by Crippen LogP contribution is -2.18. The number of nitrogens with zero attached hydrogens (tertiary/aromatic N) is 2. The monoisotopic (exact) mass is 407 g/mol.